The Hall–Kier alpha value is -2.89. The summed E-state index contributed by atoms with van der Waals surface area (Å²) < 4.78 is 1.87. The average Bonchev–Trinajstić information content (AvgIpc) is 2.92. The van der Waals surface area contributed by atoms with Crippen LogP contribution in [0.25, 0.3) is 0 Å². The van der Waals surface area contributed by atoms with Crippen LogP contribution < -0.4 is 11.1 Å². The van der Waals surface area contributed by atoms with Crippen molar-refractivity contribution in [2.24, 2.45) is 0 Å². The van der Waals surface area contributed by atoms with Crippen LogP contribution in [0.2, 0.25) is 0 Å². The van der Waals surface area contributed by atoms with E-state index < -0.39 is 0 Å². The second-order valence-electron chi connectivity index (χ2n) is 4.77. The normalized spacial score (nSPS) is 10.5. The van der Waals surface area contributed by atoms with E-state index in [1.165, 1.54) is 11.9 Å². The minimum Gasteiger partial charge on any atom is -0.383 e. The van der Waals surface area contributed by atoms with Crippen molar-refractivity contribution in [2.75, 3.05) is 11.1 Å². The van der Waals surface area contributed by atoms with Gasteiger partial charge in [-0.3, -0.25) is 4.68 Å². The standard InChI is InChI=1S/C15H16N6/c1-11-14(16)17-10-18-15(11)20-13-7-19-21(9-13)8-12-5-3-2-4-6-12/h2-7,9-10H,8H2,1H3,(H3,16,17,18,20). The minimum absolute atomic E-state index is 0.476. The van der Waals surface area contributed by atoms with E-state index in [0.717, 1.165) is 17.8 Å². The van der Waals surface area contributed by atoms with E-state index in [2.05, 4.69) is 32.5 Å². The highest BCUT2D eigenvalue weighted by Crippen LogP contribution is 2.20. The van der Waals surface area contributed by atoms with Crippen LogP contribution in [0.15, 0.2) is 49.1 Å². The summed E-state index contributed by atoms with van der Waals surface area (Å²) in [6.07, 6.45) is 5.14. The van der Waals surface area contributed by atoms with E-state index in [0.29, 0.717) is 11.6 Å². The maximum absolute atomic E-state index is 5.77. The zero-order valence-corrected chi connectivity index (χ0v) is 11.7. The van der Waals surface area contributed by atoms with Crippen molar-refractivity contribution in [3.8, 4) is 0 Å². The lowest BCUT2D eigenvalue weighted by Gasteiger charge is -2.07. The van der Waals surface area contributed by atoms with Crippen LogP contribution in [-0.2, 0) is 6.54 Å². The molecule has 0 saturated heterocycles. The molecule has 0 amide bonds. The van der Waals surface area contributed by atoms with Crippen molar-refractivity contribution in [3.05, 3.63) is 60.2 Å². The van der Waals surface area contributed by atoms with Gasteiger partial charge >= 0.3 is 0 Å². The van der Waals surface area contributed by atoms with E-state index in [1.54, 1.807) is 6.20 Å². The molecule has 0 atom stereocenters. The first-order valence-electron chi connectivity index (χ1n) is 6.63. The third-order valence-corrected chi connectivity index (χ3v) is 3.21. The van der Waals surface area contributed by atoms with E-state index in [-0.39, 0.29) is 0 Å². The van der Waals surface area contributed by atoms with Crippen molar-refractivity contribution in [3.63, 3.8) is 0 Å². The molecule has 106 valence electrons. The van der Waals surface area contributed by atoms with Crippen molar-refractivity contribution < 1.29 is 0 Å². The molecule has 0 radical (unpaired) electrons. The predicted molar refractivity (Wildman–Crippen MR) is 82.2 cm³/mol. The van der Waals surface area contributed by atoms with Crippen LogP contribution >= 0.6 is 0 Å². The number of rotatable bonds is 4. The second kappa shape index (κ2) is 5.62. The molecule has 6 heteroatoms. The molecule has 0 aliphatic heterocycles. The molecule has 0 bridgehead atoms. The number of hydrogen-bond acceptors (Lipinski definition) is 5. The number of nitrogens with two attached hydrogens (primary N) is 1. The number of hydrogen-bond donors (Lipinski definition) is 2. The van der Waals surface area contributed by atoms with E-state index >= 15 is 0 Å². The molecule has 2 heterocycles. The lowest BCUT2D eigenvalue weighted by atomic mass is 10.2. The lowest BCUT2D eigenvalue weighted by Crippen LogP contribution is -2.02. The summed E-state index contributed by atoms with van der Waals surface area (Å²) in [5.74, 6) is 1.17. The van der Waals surface area contributed by atoms with Gasteiger partial charge in [0.2, 0.25) is 0 Å². The van der Waals surface area contributed by atoms with Crippen LogP contribution in [0.5, 0.6) is 0 Å². The highest BCUT2D eigenvalue weighted by molar-refractivity contribution is 5.62. The molecule has 6 nitrogen and oxygen atoms in total. The number of aromatic nitrogens is 4. The van der Waals surface area contributed by atoms with Crippen molar-refractivity contribution >= 4 is 17.3 Å². The first-order chi connectivity index (χ1) is 10.2. The van der Waals surface area contributed by atoms with Crippen molar-refractivity contribution in [1.82, 2.24) is 19.7 Å². The van der Waals surface area contributed by atoms with Gasteiger partial charge in [-0.15, -0.1) is 0 Å². The molecule has 0 saturated carbocycles. The first kappa shape index (κ1) is 13.1. The largest absolute Gasteiger partial charge is 0.383 e. The van der Waals surface area contributed by atoms with Crippen LogP contribution in [0.3, 0.4) is 0 Å². The van der Waals surface area contributed by atoms with Crippen LogP contribution in [0, 0.1) is 6.92 Å². The highest BCUT2D eigenvalue weighted by atomic mass is 15.3. The average molecular weight is 280 g/mol. The molecule has 1 aromatic carbocycles. The molecule has 0 aliphatic rings. The minimum atomic E-state index is 0.476. The molecule has 0 unspecified atom stereocenters. The Balaban J connectivity index is 1.75. The van der Waals surface area contributed by atoms with Gasteiger partial charge in [-0.25, -0.2) is 9.97 Å². The van der Waals surface area contributed by atoms with Gasteiger partial charge < -0.3 is 11.1 Å². The van der Waals surface area contributed by atoms with Gasteiger partial charge in [0, 0.05) is 11.8 Å². The van der Waals surface area contributed by atoms with Gasteiger partial charge in [0.1, 0.15) is 18.0 Å². The summed E-state index contributed by atoms with van der Waals surface area (Å²) in [6, 6.07) is 10.2. The SMILES string of the molecule is Cc1c(N)ncnc1Nc1cnn(Cc2ccccc2)c1. The second-order valence-corrected chi connectivity index (χ2v) is 4.77. The Morgan fingerprint density at radius 1 is 1.19 bits per heavy atom. The molecule has 0 fully saturated rings. The highest BCUT2D eigenvalue weighted by Gasteiger charge is 2.06. The Morgan fingerprint density at radius 2 is 2.00 bits per heavy atom. The van der Waals surface area contributed by atoms with Crippen LogP contribution in [0.1, 0.15) is 11.1 Å². The van der Waals surface area contributed by atoms with Gasteiger partial charge in [-0.1, -0.05) is 30.3 Å². The summed E-state index contributed by atoms with van der Waals surface area (Å²) in [4.78, 5) is 8.14. The molecule has 3 rings (SSSR count). The van der Waals surface area contributed by atoms with E-state index in [1.807, 2.05) is 36.0 Å². The van der Waals surface area contributed by atoms with Crippen molar-refractivity contribution in [2.45, 2.75) is 13.5 Å². The van der Waals surface area contributed by atoms with Gasteiger partial charge in [-0.05, 0) is 12.5 Å². The molecular weight excluding hydrogens is 264 g/mol. The number of nitrogen functional groups attached to an aromatic ring is 1. The summed E-state index contributed by atoms with van der Waals surface area (Å²) in [5, 5.41) is 7.54. The van der Waals surface area contributed by atoms with Crippen LogP contribution in [-0.4, -0.2) is 19.7 Å². The summed E-state index contributed by atoms with van der Waals surface area (Å²) >= 11 is 0. The fourth-order valence-electron chi connectivity index (χ4n) is 2.01. The molecular formula is C15H16N6. The zero-order valence-electron chi connectivity index (χ0n) is 11.7. The fourth-order valence-corrected chi connectivity index (χ4v) is 2.01. The number of benzene rings is 1. The number of nitrogens with zero attached hydrogens (tertiary/aromatic N) is 4. The van der Waals surface area contributed by atoms with E-state index in [9.17, 15) is 0 Å². The lowest BCUT2D eigenvalue weighted by molar-refractivity contribution is 0.687. The first-order valence-corrected chi connectivity index (χ1v) is 6.63. The van der Waals surface area contributed by atoms with Crippen molar-refractivity contribution in [1.29, 1.82) is 0 Å². The zero-order chi connectivity index (χ0) is 14.7. The third kappa shape index (κ3) is 3.00. The predicted octanol–water partition coefficient (Wildman–Crippen LogP) is 2.36. The fraction of sp³-hybridized carbons (Fsp3) is 0.133. The van der Waals surface area contributed by atoms with Gasteiger partial charge in [0.05, 0.1) is 18.4 Å². The molecule has 0 aliphatic carbocycles. The number of anilines is 3. The monoisotopic (exact) mass is 280 g/mol. The molecule has 21 heavy (non-hydrogen) atoms. The maximum Gasteiger partial charge on any atom is 0.138 e. The van der Waals surface area contributed by atoms with Crippen LogP contribution in [0.4, 0.5) is 17.3 Å². The molecule has 2 aromatic heterocycles. The topological polar surface area (TPSA) is 81.7 Å². The quantitative estimate of drug-likeness (QED) is 0.766. The Labute approximate surface area is 122 Å². The van der Waals surface area contributed by atoms with Gasteiger partial charge in [0.15, 0.2) is 0 Å². The Kier molecular flexibility index (Phi) is 3.51. The molecule has 0 spiro atoms. The van der Waals surface area contributed by atoms with Gasteiger partial charge in [0.25, 0.3) is 0 Å². The smallest absolute Gasteiger partial charge is 0.138 e. The molecule has 3 N–H and O–H groups in total. The summed E-state index contributed by atoms with van der Waals surface area (Å²) in [5.41, 5.74) is 8.67. The summed E-state index contributed by atoms with van der Waals surface area (Å²) in [6.45, 7) is 2.61. The number of nitrogens with one attached hydrogen (secondary N) is 1. The third-order valence-electron chi connectivity index (χ3n) is 3.21. The van der Waals surface area contributed by atoms with Gasteiger partial charge in [-0.2, -0.15) is 5.10 Å². The maximum atomic E-state index is 5.77. The summed E-state index contributed by atoms with van der Waals surface area (Å²) in [7, 11) is 0. The van der Waals surface area contributed by atoms with E-state index in [4.69, 9.17) is 5.73 Å². The molecule has 3 aromatic rings. The Morgan fingerprint density at radius 3 is 2.81 bits per heavy atom. The Bertz CT molecular complexity index is 735.